The van der Waals surface area contributed by atoms with Crippen molar-refractivity contribution >= 4 is 13.7 Å². The Hall–Kier alpha value is -2.30. The lowest BCUT2D eigenvalue weighted by Crippen LogP contribution is -2.12. The summed E-state index contributed by atoms with van der Waals surface area (Å²) in [6, 6.07) is 16.1. The van der Waals surface area contributed by atoms with Gasteiger partial charge in [-0.05, 0) is 23.3 Å². The Kier molecular flexibility index (Phi) is 5.79. The molecule has 1 amide bonds. The van der Waals surface area contributed by atoms with E-state index in [9.17, 15) is 9.36 Å². The lowest BCUT2D eigenvalue weighted by Gasteiger charge is -2.15. The number of amides is 1. The van der Waals surface area contributed by atoms with Crippen LogP contribution in [0.3, 0.4) is 0 Å². The topological polar surface area (TPSA) is 87.8 Å². The summed E-state index contributed by atoms with van der Waals surface area (Å²) < 4.78 is 27.8. The largest absolute Gasteiger partial charge is 0.445 e. The molecular formula is C16H18NO5P. The summed E-state index contributed by atoms with van der Waals surface area (Å²) in [6.07, 6.45) is -0.835. The number of hydrogen-bond donors (Lipinski definition) is 1. The molecule has 1 unspecified atom stereocenters. The molecule has 0 bridgehead atoms. The van der Waals surface area contributed by atoms with Crippen molar-refractivity contribution in [3.63, 3.8) is 0 Å². The molecule has 0 aliphatic heterocycles. The fourth-order valence-electron chi connectivity index (χ4n) is 1.78. The van der Waals surface area contributed by atoms with E-state index in [0.29, 0.717) is 5.75 Å². The van der Waals surface area contributed by atoms with Crippen molar-refractivity contribution in [2.24, 2.45) is 5.73 Å². The average molecular weight is 335 g/mol. The Morgan fingerprint density at radius 1 is 1.00 bits per heavy atom. The van der Waals surface area contributed by atoms with Crippen molar-refractivity contribution in [2.75, 3.05) is 6.66 Å². The zero-order valence-electron chi connectivity index (χ0n) is 12.7. The fourth-order valence-corrected chi connectivity index (χ4v) is 2.73. The Morgan fingerprint density at radius 3 is 2.22 bits per heavy atom. The highest BCUT2D eigenvalue weighted by Gasteiger charge is 2.18. The molecule has 7 heteroatoms. The van der Waals surface area contributed by atoms with Crippen LogP contribution in [0.15, 0.2) is 54.6 Å². The Labute approximate surface area is 134 Å². The Bertz CT molecular complexity index is 687. The van der Waals surface area contributed by atoms with Crippen LogP contribution < -0.4 is 10.3 Å². The van der Waals surface area contributed by atoms with E-state index in [2.05, 4.69) is 4.74 Å². The number of nitrogens with two attached hydrogens (primary N) is 1. The number of ether oxygens (including phenoxy) is 1. The fraction of sp³-hybridized carbons (Fsp3) is 0.188. The first kappa shape index (κ1) is 17.1. The van der Waals surface area contributed by atoms with E-state index in [1.54, 1.807) is 24.3 Å². The van der Waals surface area contributed by atoms with E-state index in [-0.39, 0.29) is 13.2 Å². The van der Waals surface area contributed by atoms with Crippen molar-refractivity contribution in [2.45, 2.75) is 13.2 Å². The van der Waals surface area contributed by atoms with Gasteiger partial charge >= 0.3 is 13.7 Å². The molecule has 0 aromatic heterocycles. The zero-order chi connectivity index (χ0) is 16.7. The van der Waals surface area contributed by atoms with Crippen LogP contribution in [0.5, 0.6) is 5.75 Å². The first-order valence-corrected chi connectivity index (χ1v) is 8.90. The Balaban J connectivity index is 1.89. The van der Waals surface area contributed by atoms with Crippen molar-refractivity contribution in [3.8, 4) is 5.75 Å². The quantitative estimate of drug-likeness (QED) is 0.780. The molecule has 23 heavy (non-hydrogen) atoms. The van der Waals surface area contributed by atoms with Gasteiger partial charge in [0, 0.05) is 6.66 Å². The van der Waals surface area contributed by atoms with E-state index >= 15 is 0 Å². The number of rotatable bonds is 7. The summed E-state index contributed by atoms with van der Waals surface area (Å²) in [5.74, 6) is 0.409. The van der Waals surface area contributed by atoms with Gasteiger partial charge in [-0.2, -0.15) is 0 Å². The molecule has 0 aliphatic rings. The maximum absolute atomic E-state index is 12.3. The molecule has 6 nitrogen and oxygen atoms in total. The average Bonchev–Trinajstić information content (AvgIpc) is 2.53. The van der Waals surface area contributed by atoms with E-state index in [0.717, 1.165) is 11.1 Å². The minimum absolute atomic E-state index is 0.0733. The highest BCUT2D eigenvalue weighted by Crippen LogP contribution is 2.45. The molecule has 0 heterocycles. The van der Waals surface area contributed by atoms with Gasteiger partial charge in [-0.3, -0.25) is 4.52 Å². The van der Waals surface area contributed by atoms with Gasteiger partial charge in [0.1, 0.15) is 12.4 Å². The molecular weight excluding hydrogens is 317 g/mol. The normalized spacial score (nSPS) is 13.1. The van der Waals surface area contributed by atoms with Gasteiger partial charge in [-0.25, -0.2) is 9.36 Å². The lowest BCUT2D eigenvalue weighted by molar-refractivity contribution is 0.150. The summed E-state index contributed by atoms with van der Waals surface area (Å²) in [5.41, 5.74) is 6.55. The SMILES string of the molecule is CP(=O)(OCc1ccccc1)Oc1ccc(COC(N)=O)cc1. The van der Waals surface area contributed by atoms with Crippen LogP contribution >= 0.6 is 7.60 Å². The molecule has 2 aromatic rings. The number of hydrogen-bond acceptors (Lipinski definition) is 5. The molecule has 122 valence electrons. The van der Waals surface area contributed by atoms with Crippen LogP contribution in [0.4, 0.5) is 4.79 Å². The molecule has 2 N–H and O–H groups in total. The molecule has 1 atom stereocenters. The maximum atomic E-state index is 12.3. The molecule has 0 radical (unpaired) electrons. The van der Waals surface area contributed by atoms with Crippen LogP contribution in [0, 0.1) is 0 Å². The highest BCUT2D eigenvalue weighted by molar-refractivity contribution is 7.53. The number of primary amides is 1. The van der Waals surface area contributed by atoms with E-state index in [1.807, 2.05) is 30.3 Å². The van der Waals surface area contributed by atoms with E-state index in [4.69, 9.17) is 14.8 Å². The predicted octanol–water partition coefficient (Wildman–Crippen LogP) is 3.70. The monoisotopic (exact) mass is 335 g/mol. The summed E-state index contributed by atoms with van der Waals surface area (Å²) in [6.45, 7) is 1.70. The van der Waals surface area contributed by atoms with Gasteiger partial charge in [0.05, 0.1) is 6.61 Å². The standard InChI is InChI=1S/C16H18NO5P/c1-23(19,21-12-13-5-3-2-4-6-13)22-15-9-7-14(8-10-15)11-20-16(17)18/h2-10H,11-12H2,1H3,(H2,17,18). The molecule has 0 saturated carbocycles. The second-order valence-electron chi connectivity index (χ2n) is 4.87. The summed E-state index contributed by atoms with van der Waals surface area (Å²) in [7, 11) is -3.23. The van der Waals surface area contributed by atoms with Gasteiger partial charge in [0.25, 0.3) is 0 Å². The number of carbonyl (C=O) groups is 1. The highest BCUT2D eigenvalue weighted by atomic mass is 31.2. The smallest absolute Gasteiger partial charge is 0.404 e. The molecule has 0 spiro atoms. The second kappa shape index (κ2) is 7.81. The third-order valence-electron chi connectivity index (χ3n) is 2.88. The van der Waals surface area contributed by atoms with Gasteiger partial charge < -0.3 is 15.0 Å². The second-order valence-corrected chi connectivity index (χ2v) is 6.86. The zero-order valence-corrected chi connectivity index (χ0v) is 13.6. The molecule has 0 fully saturated rings. The van der Waals surface area contributed by atoms with Gasteiger partial charge in [-0.15, -0.1) is 0 Å². The minimum atomic E-state index is -3.23. The van der Waals surface area contributed by atoms with Crippen LogP contribution in [0.2, 0.25) is 0 Å². The predicted molar refractivity (Wildman–Crippen MR) is 86.2 cm³/mol. The molecule has 0 saturated heterocycles. The first-order chi connectivity index (χ1) is 10.9. The van der Waals surface area contributed by atoms with Crippen molar-refractivity contribution in [1.29, 1.82) is 0 Å². The van der Waals surface area contributed by atoms with Crippen LogP contribution in [0.25, 0.3) is 0 Å². The molecule has 2 rings (SSSR count). The van der Waals surface area contributed by atoms with Gasteiger partial charge in [0.2, 0.25) is 0 Å². The maximum Gasteiger partial charge on any atom is 0.404 e. The summed E-state index contributed by atoms with van der Waals surface area (Å²) in [4.78, 5) is 10.5. The van der Waals surface area contributed by atoms with Crippen LogP contribution in [-0.2, 0) is 27.0 Å². The van der Waals surface area contributed by atoms with Crippen molar-refractivity contribution < 1.29 is 23.1 Å². The molecule has 2 aromatic carbocycles. The number of benzene rings is 2. The van der Waals surface area contributed by atoms with Gasteiger partial charge in [-0.1, -0.05) is 42.5 Å². The van der Waals surface area contributed by atoms with Crippen molar-refractivity contribution in [1.82, 2.24) is 0 Å². The summed E-state index contributed by atoms with van der Waals surface area (Å²) in [5, 5.41) is 0. The Morgan fingerprint density at radius 2 is 1.61 bits per heavy atom. The number of carbonyl (C=O) groups excluding carboxylic acids is 1. The minimum Gasteiger partial charge on any atom is -0.445 e. The molecule has 0 aliphatic carbocycles. The van der Waals surface area contributed by atoms with Crippen LogP contribution in [0.1, 0.15) is 11.1 Å². The van der Waals surface area contributed by atoms with Crippen LogP contribution in [-0.4, -0.2) is 12.8 Å². The third kappa shape index (κ3) is 6.14. The third-order valence-corrected chi connectivity index (χ3v) is 4.02. The van der Waals surface area contributed by atoms with Gasteiger partial charge in [0.15, 0.2) is 0 Å². The van der Waals surface area contributed by atoms with E-state index in [1.165, 1.54) is 6.66 Å². The van der Waals surface area contributed by atoms with E-state index < -0.39 is 13.7 Å². The summed E-state index contributed by atoms with van der Waals surface area (Å²) >= 11 is 0. The van der Waals surface area contributed by atoms with Crippen molar-refractivity contribution in [3.05, 3.63) is 65.7 Å². The first-order valence-electron chi connectivity index (χ1n) is 6.91. The lowest BCUT2D eigenvalue weighted by atomic mass is 10.2.